The number of fused-ring (bicyclic) bond motifs is 1. The number of aryl methyl sites for hydroxylation is 1. The summed E-state index contributed by atoms with van der Waals surface area (Å²) in [6, 6.07) is 2.05. The molecule has 7 nitrogen and oxygen atoms in total. The Morgan fingerprint density at radius 3 is 3.00 bits per heavy atom. The fourth-order valence-corrected chi connectivity index (χ4v) is 2.49. The molecule has 1 N–H and O–H groups in total. The molecule has 1 amide bonds. The number of aromatic nitrogens is 4. The van der Waals surface area contributed by atoms with Gasteiger partial charge in [0.25, 0.3) is 5.78 Å². The van der Waals surface area contributed by atoms with E-state index in [1.807, 2.05) is 6.07 Å². The second-order valence-corrected chi connectivity index (χ2v) is 5.04. The summed E-state index contributed by atoms with van der Waals surface area (Å²) >= 11 is 0. The third-order valence-corrected chi connectivity index (χ3v) is 3.61. The molecule has 1 fully saturated rings. The van der Waals surface area contributed by atoms with Gasteiger partial charge in [0.1, 0.15) is 12.1 Å². The Labute approximate surface area is 117 Å². The Hall–Kier alpha value is -2.18. The van der Waals surface area contributed by atoms with Crippen molar-refractivity contribution in [1.82, 2.24) is 24.9 Å². The van der Waals surface area contributed by atoms with E-state index >= 15 is 0 Å². The largest absolute Gasteiger partial charge is 0.359 e. The topological polar surface area (TPSA) is 75.4 Å². The first-order valence-corrected chi connectivity index (χ1v) is 6.89. The number of nitrogens with one attached hydrogen (secondary N) is 1. The van der Waals surface area contributed by atoms with Gasteiger partial charge in [-0.05, 0) is 6.42 Å². The number of carbonyl (C=O) groups excluding carboxylic acids is 1. The van der Waals surface area contributed by atoms with E-state index in [1.54, 1.807) is 11.6 Å². The zero-order valence-corrected chi connectivity index (χ0v) is 11.7. The van der Waals surface area contributed by atoms with E-state index < -0.39 is 0 Å². The Balaban J connectivity index is 1.87. The van der Waals surface area contributed by atoms with Gasteiger partial charge >= 0.3 is 0 Å². The molecule has 1 aliphatic rings. The highest BCUT2D eigenvalue weighted by atomic mass is 16.1. The highest BCUT2D eigenvalue weighted by Gasteiger charge is 2.33. The van der Waals surface area contributed by atoms with E-state index in [0.29, 0.717) is 18.9 Å². The Morgan fingerprint density at radius 2 is 2.30 bits per heavy atom. The molecule has 3 rings (SSSR count). The molecule has 0 saturated carbocycles. The minimum Gasteiger partial charge on any atom is -0.359 e. The van der Waals surface area contributed by atoms with Crippen molar-refractivity contribution < 1.29 is 4.79 Å². The van der Waals surface area contributed by atoms with Crippen molar-refractivity contribution in [3.05, 3.63) is 18.1 Å². The number of rotatable bonds is 4. The second-order valence-electron chi connectivity index (χ2n) is 5.04. The van der Waals surface area contributed by atoms with Gasteiger partial charge in [0.2, 0.25) is 5.91 Å². The van der Waals surface area contributed by atoms with Crippen LogP contribution in [0.1, 0.15) is 19.0 Å². The lowest BCUT2D eigenvalue weighted by Gasteiger charge is -2.39. The maximum atomic E-state index is 11.6. The van der Waals surface area contributed by atoms with E-state index in [4.69, 9.17) is 0 Å². The van der Waals surface area contributed by atoms with Crippen molar-refractivity contribution in [2.45, 2.75) is 19.8 Å². The van der Waals surface area contributed by atoms with Gasteiger partial charge in [0.05, 0.1) is 5.92 Å². The molecule has 0 aliphatic carbocycles. The van der Waals surface area contributed by atoms with Crippen LogP contribution < -0.4 is 10.2 Å². The predicted octanol–water partition coefficient (Wildman–Crippen LogP) is 0.259. The van der Waals surface area contributed by atoms with E-state index in [2.05, 4.69) is 32.2 Å². The quantitative estimate of drug-likeness (QED) is 0.865. The monoisotopic (exact) mass is 274 g/mol. The standard InChI is InChI=1S/C13H18N6O/c1-3-4-10-5-11(19-13(17-10)15-8-16-19)18-6-9(7-18)12(20)14-2/h5,8-9H,3-4,6-7H2,1-2H3,(H,14,20). The summed E-state index contributed by atoms with van der Waals surface area (Å²) in [5, 5.41) is 6.90. The van der Waals surface area contributed by atoms with E-state index in [0.717, 1.165) is 24.4 Å². The molecule has 2 aromatic heterocycles. The molecular formula is C13H18N6O. The summed E-state index contributed by atoms with van der Waals surface area (Å²) in [6.07, 6.45) is 3.47. The smallest absolute Gasteiger partial charge is 0.254 e. The molecule has 20 heavy (non-hydrogen) atoms. The van der Waals surface area contributed by atoms with Crippen LogP contribution in [0.25, 0.3) is 5.78 Å². The lowest BCUT2D eigenvalue weighted by molar-refractivity contribution is -0.125. The normalized spacial score (nSPS) is 15.4. The van der Waals surface area contributed by atoms with Crippen molar-refractivity contribution in [3.63, 3.8) is 0 Å². The average Bonchev–Trinajstić information content (AvgIpc) is 2.85. The molecule has 0 aromatic carbocycles. The first-order valence-electron chi connectivity index (χ1n) is 6.89. The van der Waals surface area contributed by atoms with Gasteiger partial charge < -0.3 is 10.2 Å². The van der Waals surface area contributed by atoms with Crippen molar-refractivity contribution in [3.8, 4) is 0 Å². The van der Waals surface area contributed by atoms with Crippen LogP contribution in [-0.4, -0.2) is 45.6 Å². The van der Waals surface area contributed by atoms with Gasteiger partial charge in [-0.1, -0.05) is 13.3 Å². The van der Waals surface area contributed by atoms with Gasteiger partial charge in [-0.25, -0.2) is 4.98 Å². The molecule has 0 radical (unpaired) electrons. The summed E-state index contributed by atoms with van der Waals surface area (Å²) in [5.41, 5.74) is 1.02. The van der Waals surface area contributed by atoms with Crippen molar-refractivity contribution >= 4 is 17.5 Å². The number of carbonyl (C=O) groups is 1. The molecule has 0 atom stereocenters. The molecular weight excluding hydrogens is 256 g/mol. The third kappa shape index (κ3) is 2.09. The van der Waals surface area contributed by atoms with Crippen LogP contribution in [0, 0.1) is 5.92 Å². The van der Waals surface area contributed by atoms with Crippen molar-refractivity contribution in [1.29, 1.82) is 0 Å². The molecule has 2 aromatic rings. The highest BCUT2D eigenvalue weighted by Crippen LogP contribution is 2.25. The Bertz CT molecular complexity index is 631. The number of hydrogen-bond donors (Lipinski definition) is 1. The van der Waals surface area contributed by atoms with Crippen molar-refractivity contribution in [2.75, 3.05) is 25.0 Å². The highest BCUT2D eigenvalue weighted by molar-refractivity contribution is 5.81. The number of anilines is 1. The molecule has 7 heteroatoms. The zero-order chi connectivity index (χ0) is 14.1. The predicted molar refractivity (Wildman–Crippen MR) is 74.5 cm³/mol. The minimum atomic E-state index is 0.0568. The van der Waals surface area contributed by atoms with Gasteiger partial charge in [-0.2, -0.15) is 14.6 Å². The fourth-order valence-electron chi connectivity index (χ4n) is 2.49. The fraction of sp³-hybridized carbons (Fsp3) is 0.538. The molecule has 0 bridgehead atoms. The van der Waals surface area contributed by atoms with Gasteiger partial charge in [0.15, 0.2) is 0 Å². The molecule has 1 aliphatic heterocycles. The van der Waals surface area contributed by atoms with Crippen LogP contribution in [0.3, 0.4) is 0 Å². The number of hydrogen-bond acceptors (Lipinski definition) is 5. The van der Waals surface area contributed by atoms with Crippen LogP contribution in [0.4, 0.5) is 5.82 Å². The van der Waals surface area contributed by atoms with Crippen molar-refractivity contribution in [2.24, 2.45) is 5.92 Å². The van der Waals surface area contributed by atoms with Gasteiger partial charge in [-0.15, -0.1) is 0 Å². The third-order valence-electron chi connectivity index (χ3n) is 3.61. The zero-order valence-electron chi connectivity index (χ0n) is 11.7. The van der Waals surface area contributed by atoms with Gasteiger partial charge in [0, 0.05) is 31.9 Å². The molecule has 3 heterocycles. The first-order chi connectivity index (χ1) is 9.72. The summed E-state index contributed by atoms with van der Waals surface area (Å²) in [6.45, 7) is 3.55. The summed E-state index contributed by atoms with van der Waals surface area (Å²) < 4.78 is 1.74. The number of nitrogens with zero attached hydrogens (tertiary/aromatic N) is 5. The summed E-state index contributed by atoms with van der Waals surface area (Å²) in [5.74, 6) is 1.74. The Kier molecular flexibility index (Phi) is 3.25. The SMILES string of the molecule is CCCc1cc(N2CC(C(=O)NC)C2)n2ncnc2n1. The summed E-state index contributed by atoms with van der Waals surface area (Å²) in [7, 11) is 1.67. The van der Waals surface area contributed by atoms with Crippen LogP contribution in [0.5, 0.6) is 0 Å². The van der Waals surface area contributed by atoms with E-state index in [9.17, 15) is 4.79 Å². The average molecular weight is 274 g/mol. The van der Waals surface area contributed by atoms with Crippen LogP contribution >= 0.6 is 0 Å². The van der Waals surface area contributed by atoms with Gasteiger partial charge in [-0.3, -0.25) is 4.79 Å². The maximum Gasteiger partial charge on any atom is 0.254 e. The molecule has 1 saturated heterocycles. The molecule has 0 spiro atoms. The number of amides is 1. The van der Waals surface area contributed by atoms with Crippen LogP contribution in [-0.2, 0) is 11.2 Å². The lowest BCUT2D eigenvalue weighted by Crippen LogP contribution is -2.53. The summed E-state index contributed by atoms with van der Waals surface area (Å²) in [4.78, 5) is 22.4. The van der Waals surface area contributed by atoms with Crippen LogP contribution in [0.2, 0.25) is 0 Å². The maximum absolute atomic E-state index is 11.6. The second kappa shape index (κ2) is 5.07. The van der Waals surface area contributed by atoms with E-state index in [1.165, 1.54) is 6.33 Å². The first kappa shape index (κ1) is 12.8. The Morgan fingerprint density at radius 1 is 1.50 bits per heavy atom. The lowest BCUT2D eigenvalue weighted by atomic mass is 9.99. The van der Waals surface area contributed by atoms with Crippen LogP contribution in [0.15, 0.2) is 12.4 Å². The van der Waals surface area contributed by atoms with E-state index in [-0.39, 0.29) is 11.8 Å². The molecule has 106 valence electrons. The molecule has 0 unspecified atom stereocenters. The minimum absolute atomic E-state index is 0.0568.